The molecular formula is C21H14N2O7. The van der Waals surface area contributed by atoms with Gasteiger partial charge in [0.05, 0.1) is 22.3 Å². The number of nitrogens with zero attached hydrogens (tertiary/aromatic N) is 1. The lowest BCUT2D eigenvalue weighted by Crippen LogP contribution is -2.54. The molecule has 4 amide bonds. The summed E-state index contributed by atoms with van der Waals surface area (Å²) in [5, 5.41) is 2.15. The first-order valence-corrected chi connectivity index (χ1v) is 9.04. The van der Waals surface area contributed by atoms with E-state index in [0.29, 0.717) is 22.3 Å². The van der Waals surface area contributed by atoms with Crippen LogP contribution in [0.1, 0.15) is 54.3 Å². The number of nitrogens with one attached hydrogen (secondary N) is 1. The van der Waals surface area contributed by atoms with E-state index in [2.05, 4.69) is 10.1 Å². The number of imide groups is 2. The molecule has 0 bridgehead atoms. The van der Waals surface area contributed by atoms with Gasteiger partial charge >= 0.3 is 11.9 Å². The van der Waals surface area contributed by atoms with E-state index in [0.717, 1.165) is 4.90 Å². The molecule has 0 radical (unpaired) electrons. The largest absolute Gasteiger partial charge is 0.386 e. The summed E-state index contributed by atoms with van der Waals surface area (Å²) in [5.74, 6) is -3.02. The SMILES string of the molecule is O=C1CCC(N2C(=O)c3ccccc3C2=O)C(=O)N1.O=C1OC(=O)c2ccccc21. The second kappa shape index (κ2) is 7.36. The van der Waals surface area contributed by atoms with Gasteiger partial charge < -0.3 is 4.74 Å². The lowest BCUT2D eigenvalue weighted by Gasteiger charge is -2.27. The molecule has 0 saturated carbocycles. The molecule has 1 saturated heterocycles. The maximum absolute atomic E-state index is 12.2. The van der Waals surface area contributed by atoms with Gasteiger partial charge in [-0.2, -0.15) is 0 Å². The molecule has 1 unspecified atom stereocenters. The summed E-state index contributed by atoms with van der Waals surface area (Å²) in [5.41, 5.74) is 1.32. The minimum absolute atomic E-state index is 0.129. The molecule has 1 atom stereocenters. The van der Waals surface area contributed by atoms with Gasteiger partial charge in [-0.1, -0.05) is 24.3 Å². The van der Waals surface area contributed by atoms with Crippen LogP contribution in [0, 0.1) is 0 Å². The van der Waals surface area contributed by atoms with Gasteiger partial charge in [-0.25, -0.2) is 9.59 Å². The highest BCUT2D eigenvalue weighted by Gasteiger charge is 2.44. The van der Waals surface area contributed by atoms with Crippen molar-refractivity contribution in [3.8, 4) is 0 Å². The minimum atomic E-state index is -0.898. The number of amides is 4. The van der Waals surface area contributed by atoms with Crippen molar-refractivity contribution in [2.75, 3.05) is 0 Å². The number of piperidine rings is 1. The fourth-order valence-corrected chi connectivity index (χ4v) is 3.45. The Morgan fingerprint density at radius 2 is 1.20 bits per heavy atom. The molecule has 9 nitrogen and oxygen atoms in total. The van der Waals surface area contributed by atoms with Crippen LogP contribution in [0.4, 0.5) is 0 Å². The summed E-state index contributed by atoms with van der Waals surface area (Å²) in [7, 11) is 0. The molecule has 0 spiro atoms. The number of carbonyl (C=O) groups is 6. The standard InChI is InChI=1S/C13H10N2O4.C8H4O3/c16-10-6-5-9(11(17)14-10)15-12(18)7-3-1-2-4-8(7)13(15)19;9-7-5-3-1-2-4-6(5)8(10)11-7/h1-4,9H,5-6H2,(H,14,16,17);1-4H. The van der Waals surface area contributed by atoms with Crippen LogP contribution >= 0.6 is 0 Å². The van der Waals surface area contributed by atoms with Gasteiger partial charge in [-0.3, -0.25) is 29.4 Å². The summed E-state index contributed by atoms with van der Waals surface area (Å²) in [6.07, 6.45) is 0.306. The van der Waals surface area contributed by atoms with Crippen molar-refractivity contribution in [1.82, 2.24) is 10.2 Å². The summed E-state index contributed by atoms with van der Waals surface area (Å²) in [6.45, 7) is 0. The number of esters is 2. The van der Waals surface area contributed by atoms with Crippen molar-refractivity contribution in [2.45, 2.75) is 18.9 Å². The average molecular weight is 406 g/mol. The molecular weight excluding hydrogens is 392 g/mol. The quantitative estimate of drug-likeness (QED) is 0.427. The van der Waals surface area contributed by atoms with E-state index in [1.165, 1.54) is 0 Å². The maximum atomic E-state index is 12.2. The molecule has 3 aliphatic rings. The Labute approximate surface area is 169 Å². The molecule has 9 heteroatoms. The van der Waals surface area contributed by atoms with Crippen LogP contribution in [-0.4, -0.2) is 46.5 Å². The normalized spacial score (nSPS) is 19.6. The second-order valence-corrected chi connectivity index (χ2v) is 6.72. The van der Waals surface area contributed by atoms with Crippen LogP contribution in [0.3, 0.4) is 0 Å². The molecule has 1 N–H and O–H groups in total. The Morgan fingerprint density at radius 3 is 1.67 bits per heavy atom. The first kappa shape index (κ1) is 19.2. The number of rotatable bonds is 1. The van der Waals surface area contributed by atoms with Gasteiger partial charge in [0.25, 0.3) is 11.8 Å². The lowest BCUT2D eigenvalue weighted by atomic mass is 10.0. The van der Waals surface area contributed by atoms with Gasteiger partial charge in [0.1, 0.15) is 6.04 Å². The molecule has 150 valence electrons. The molecule has 2 aromatic rings. The van der Waals surface area contributed by atoms with Crippen LogP contribution in [0.5, 0.6) is 0 Å². The average Bonchev–Trinajstić information content (AvgIpc) is 3.17. The molecule has 5 rings (SSSR count). The molecule has 0 aliphatic carbocycles. The van der Waals surface area contributed by atoms with Crippen molar-refractivity contribution in [3.63, 3.8) is 0 Å². The van der Waals surface area contributed by atoms with Crippen LogP contribution in [0.2, 0.25) is 0 Å². The number of hydrogen-bond donors (Lipinski definition) is 1. The molecule has 30 heavy (non-hydrogen) atoms. The van der Waals surface area contributed by atoms with Crippen LogP contribution in [-0.2, 0) is 14.3 Å². The zero-order chi connectivity index (χ0) is 21.4. The minimum Gasteiger partial charge on any atom is -0.386 e. The molecule has 0 aromatic heterocycles. The topological polar surface area (TPSA) is 127 Å². The van der Waals surface area contributed by atoms with Crippen molar-refractivity contribution >= 4 is 35.6 Å². The Balaban J connectivity index is 0.000000168. The van der Waals surface area contributed by atoms with Crippen LogP contribution < -0.4 is 5.32 Å². The molecule has 1 fully saturated rings. The van der Waals surface area contributed by atoms with Gasteiger partial charge in [0.2, 0.25) is 11.8 Å². The summed E-state index contributed by atoms with van der Waals surface area (Å²) in [6, 6.07) is 12.1. The first-order chi connectivity index (χ1) is 14.4. The number of fused-ring (bicyclic) bond motifs is 2. The predicted molar refractivity (Wildman–Crippen MR) is 99.3 cm³/mol. The van der Waals surface area contributed by atoms with Gasteiger partial charge in [-0.15, -0.1) is 0 Å². The molecule has 3 heterocycles. The Hall–Kier alpha value is -4.14. The third-order valence-corrected chi connectivity index (χ3v) is 4.90. The highest BCUT2D eigenvalue weighted by molar-refractivity contribution is 6.23. The maximum Gasteiger partial charge on any atom is 0.346 e. The predicted octanol–water partition coefficient (Wildman–Crippen LogP) is 1.08. The molecule has 2 aromatic carbocycles. The van der Waals surface area contributed by atoms with E-state index in [9.17, 15) is 28.8 Å². The van der Waals surface area contributed by atoms with Crippen LogP contribution in [0.25, 0.3) is 0 Å². The first-order valence-electron chi connectivity index (χ1n) is 9.04. The Bertz CT molecular complexity index is 1070. The third-order valence-electron chi connectivity index (χ3n) is 4.90. The van der Waals surface area contributed by atoms with Gasteiger partial charge in [0, 0.05) is 6.42 Å². The van der Waals surface area contributed by atoms with Gasteiger partial charge in [0.15, 0.2) is 0 Å². The third kappa shape index (κ3) is 3.16. The van der Waals surface area contributed by atoms with Crippen LogP contribution in [0.15, 0.2) is 48.5 Å². The zero-order valence-corrected chi connectivity index (χ0v) is 15.4. The van der Waals surface area contributed by atoms with E-state index in [4.69, 9.17) is 0 Å². The number of ether oxygens (including phenoxy) is 1. The summed E-state index contributed by atoms with van der Waals surface area (Å²) in [4.78, 5) is 69.8. The van der Waals surface area contributed by atoms with Crippen molar-refractivity contribution < 1.29 is 33.5 Å². The number of cyclic esters (lactones) is 2. The van der Waals surface area contributed by atoms with Crippen molar-refractivity contribution in [1.29, 1.82) is 0 Å². The van der Waals surface area contributed by atoms with Gasteiger partial charge in [-0.05, 0) is 30.7 Å². The number of carbonyl (C=O) groups excluding carboxylic acids is 6. The highest BCUT2D eigenvalue weighted by atomic mass is 16.6. The van der Waals surface area contributed by atoms with E-state index in [1.807, 2.05) is 0 Å². The lowest BCUT2D eigenvalue weighted by molar-refractivity contribution is -0.136. The van der Waals surface area contributed by atoms with E-state index in [1.54, 1.807) is 48.5 Å². The Kier molecular flexibility index (Phi) is 4.71. The number of benzene rings is 2. The fourth-order valence-electron chi connectivity index (χ4n) is 3.45. The highest BCUT2D eigenvalue weighted by Crippen LogP contribution is 2.27. The van der Waals surface area contributed by atoms with Crippen molar-refractivity contribution in [3.05, 3.63) is 70.8 Å². The second-order valence-electron chi connectivity index (χ2n) is 6.72. The Morgan fingerprint density at radius 1 is 0.733 bits per heavy atom. The fraction of sp³-hybridized carbons (Fsp3) is 0.143. The van der Waals surface area contributed by atoms with E-state index >= 15 is 0 Å². The smallest absolute Gasteiger partial charge is 0.346 e. The number of hydrogen-bond acceptors (Lipinski definition) is 7. The molecule has 3 aliphatic heterocycles. The van der Waals surface area contributed by atoms with E-state index in [-0.39, 0.29) is 18.7 Å². The summed E-state index contributed by atoms with van der Waals surface area (Å²) >= 11 is 0. The van der Waals surface area contributed by atoms with Crippen molar-refractivity contribution in [2.24, 2.45) is 0 Å². The zero-order valence-electron chi connectivity index (χ0n) is 15.4. The van der Waals surface area contributed by atoms with E-state index < -0.39 is 35.7 Å². The monoisotopic (exact) mass is 406 g/mol. The summed E-state index contributed by atoms with van der Waals surface area (Å²) < 4.78 is 4.35.